The predicted octanol–water partition coefficient (Wildman–Crippen LogP) is 8.69. The molecule has 6 atom stereocenters. The third kappa shape index (κ3) is 27.0. The highest BCUT2D eigenvalue weighted by molar-refractivity contribution is 5.69. The van der Waals surface area contributed by atoms with E-state index in [4.69, 9.17) is 18.9 Å². The number of aliphatic hydroxyl groups is 4. The van der Waals surface area contributed by atoms with E-state index in [1.807, 2.05) is 6.08 Å². The van der Waals surface area contributed by atoms with Crippen LogP contribution in [0.3, 0.4) is 0 Å². The van der Waals surface area contributed by atoms with Crippen LogP contribution < -0.4 is 0 Å². The Hall–Kier alpha value is -2.63. The van der Waals surface area contributed by atoms with E-state index in [0.717, 1.165) is 77.0 Å². The third-order valence-corrected chi connectivity index (χ3v) is 8.81. The van der Waals surface area contributed by atoms with Crippen LogP contribution in [0.1, 0.15) is 129 Å². The van der Waals surface area contributed by atoms with Crippen LogP contribution in [0.15, 0.2) is 85.1 Å². The number of allylic oxidation sites excluding steroid dienone is 13. The lowest BCUT2D eigenvalue weighted by Gasteiger charge is -2.39. The van der Waals surface area contributed by atoms with Gasteiger partial charge in [-0.2, -0.15) is 0 Å². The second-order valence-electron chi connectivity index (χ2n) is 13.7. The van der Waals surface area contributed by atoms with Crippen LogP contribution in [0.4, 0.5) is 0 Å². The minimum atomic E-state index is -1.56. The molecule has 0 saturated carbocycles. The van der Waals surface area contributed by atoms with Crippen molar-refractivity contribution in [3.05, 3.63) is 85.1 Å². The molecule has 0 radical (unpaired) electrons. The van der Waals surface area contributed by atoms with E-state index in [1.165, 1.54) is 25.7 Å². The summed E-state index contributed by atoms with van der Waals surface area (Å²) in [5.41, 5.74) is 0. The zero-order valence-electron chi connectivity index (χ0n) is 33.4. The molecule has 0 amide bonds. The summed E-state index contributed by atoms with van der Waals surface area (Å²) in [6.45, 7) is 4.15. The smallest absolute Gasteiger partial charge is 0.306 e. The van der Waals surface area contributed by atoms with E-state index >= 15 is 0 Å². The summed E-state index contributed by atoms with van der Waals surface area (Å²) in [6.07, 6.45) is 40.5. The molecule has 0 aromatic heterocycles. The van der Waals surface area contributed by atoms with Crippen LogP contribution in [-0.2, 0) is 23.7 Å². The van der Waals surface area contributed by atoms with Gasteiger partial charge in [-0.3, -0.25) is 4.79 Å². The average molecular weight is 759 g/mol. The first kappa shape index (κ1) is 49.4. The number of rotatable bonds is 33. The Morgan fingerprint density at radius 1 is 0.611 bits per heavy atom. The van der Waals surface area contributed by atoms with Crippen LogP contribution in [0, 0.1) is 0 Å². The molecule has 1 heterocycles. The Morgan fingerprint density at radius 3 is 1.70 bits per heavy atom. The molecular formula is C45H74O9. The van der Waals surface area contributed by atoms with E-state index in [0.29, 0.717) is 13.0 Å². The molecule has 6 unspecified atom stereocenters. The molecule has 9 heteroatoms. The largest absolute Gasteiger partial charge is 0.457 e. The SMILES string of the molecule is CC/C=C\C/C=C\C/C=C\C/C=C\C/C=C\CCOCC(COC1OC(CO)C(O)C(O)C1O)OC(=O)CCCCCCC/C=C\C/C=C\CCCCC. The van der Waals surface area contributed by atoms with Crippen LogP contribution in [0.2, 0.25) is 0 Å². The molecule has 0 spiro atoms. The van der Waals surface area contributed by atoms with E-state index in [2.05, 4.69) is 92.8 Å². The molecule has 308 valence electrons. The van der Waals surface area contributed by atoms with Crippen LogP contribution in [-0.4, -0.2) is 89.6 Å². The highest BCUT2D eigenvalue weighted by Gasteiger charge is 2.44. The lowest BCUT2D eigenvalue weighted by atomic mass is 9.99. The summed E-state index contributed by atoms with van der Waals surface area (Å²) in [5, 5.41) is 40.0. The molecule has 0 aliphatic carbocycles. The minimum Gasteiger partial charge on any atom is -0.457 e. The van der Waals surface area contributed by atoms with Gasteiger partial charge in [-0.1, -0.05) is 131 Å². The Kier molecular flexibility index (Phi) is 33.0. The predicted molar refractivity (Wildman–Crippen MR) is 219 cm³/mol. The monoisotopic (exact) mass is 759 g/mol. The van der Waals surface area contributed by atoms with Gasteiger partial charge in [0, 0.05) is 6.42 Å². The number of unbranched alkanes of at least 4 members (excludes halogenated alkanes) is 8. The summed E-state index contributed by atoms with van der Waals surface area (Å²) in [7, 11) is 0. The first-order valence-electron chi connectivity index (χ1n) is 20.7. The van der Waals surface area contributed by atoms with Crippen LogP contribution in [0.5, 0.6) is 0 Å². The summed E-state index contributed by atoms with van der Waals surface area (Å²) in [5.74, 6) is -0.357. The summed E-state index contributed by atoms with van der Waals surface area (Å²) in [6, 6.07) is 0. The van der Waals surface area contributed by atoms with Gasteiger partial charge < -0.3 is 39.4 Å². The molecule has 1 rings (SSSR count). The lowest BCUT2D eigenvalue weighted by Crippen LogP contribution is -2.59. The van der Waals surface area contributed by atoms with Crippen molar-refractivity contribution < 1.29 is 44.2 Å². The van der Waals surface area contributed by atoms with Gasteiger partial charge in [0.25, 0.3) is 0 Å². The van der Waals surface area contributed by atoms with Gasteiger partial charge in [0.2, 0.25) is 0 Å². The molecule has 9 nitrogen and oxygen atoms in total. The normalized spacial score (nSPS) is 21.8. The Morgan fingerprint density at radius 2 is 1.13 bits per heavy atom. The molecule has 1 saturated heterocycles. The number of aliphatic hydroxyl groups excluding tert-OH is 4. The quantitative estimate of drug-likeness (QED) is 0.0295. The van der Waals surface area contributed by atoms with E-state index in [9.17, 15) is 25.2 Å². The minimum absolute atomic E-state index is 0.0794. The van der Waals surface area contributed by atoms with Gasteiger partial charge >= 0.3 is 5.97 Å². The fraction of sp³-hybridized carbons (Fsp3) is 0.667. The van der Waals surface area contributed by atoms with E-state index < -0.39 is 43.4 Å². The van der Waals surface area contributed by atoms with Crippen LogP contribution >= 0.6 is 0 Å². The maximum Gasteiger partial charge on any atom is 0.306 e. The van der Waals surface area contributed by atoms with Crippen molar-refractivity contribution in [2.24, 2.45) is 0 Å². The number of carbonyl (C=O) groups excluding carboxylic acids is 1. The maximum absolute atomic E-state index is 12.7. The second-order valence-corrected chi connectivity index (χ2v) is 13.7. The highest BCUT2D eigenvalue weighted by Crippen LogP contribution is 2.22. The van der Waals surface area contributed by atoms with E-state index in [-0.39, 0.29) is 25.6 Å². The number of hydrogen-bond donors (Lipinski definition) is 4. The molecule has 1 fully saturated rings. The van der Waals surface area contributed by atoms with Crippen molar-refractivity contribution >= 4 is 5.97 Å². The lowest BCUT2D eigenvalue weighted by molar-refractivity contribution is -0.305. The van der Waals surface area contributed by atoms with Crippen molar-refractivity contribution in [1.82, 2.24) is 0 Å². The Labute approximate surface area is 327 Å². The second kappa shape index (κ2) is 36.0. The molecule has 0 aromatic rings. The zero-order valence-corrected chi connectivity index (χ0v) is 33.4. The van der Waals surface area contributed by atoms with Gasteiger partial charge in [-0.15, -0.1) is 0 Å². The highest BCUT2D eigenvalue weighted by atomic mass is 16.7. The topological polar surface area (TPSA) is 135 Å². The molecular weight excluding hydrogens is 684 g/mol. The zero-order chi connectivity index (χ0) is 39.3. The fourth-order valence-electron chi connectivity index (χ4n) is 5.58. The molecule has 4 N–H and O–H groups in total. The maximum atomic E-state index is 12.7. The van der Waals surface area contributed by atoms with Gasteiger partial charge in [-0.25, -0.2) is 0 Å². The standard InChI is InChI=1S/C45H74O9/c1-3-5-7-9-11-13-15-17-19-21-23-25-27-29-31-33-35-51-37-39(38-52-45-44(50)43(49)42(48)40(36-46)54-45)53-41(47)34-32-30-28-26-24-22-20-18-16-14-12-10-8-6-4-2/h5,7,11-14,17-20,23,25,29,31,39-40,42-46,48-50H,3-4,6,8-10,15-16,21-22,24,26-28,30,32-38H2,1-2H3/b7-5-,13-11-,14-12-,19-17-,20-18-,25-23-,31-29-. The summed E-state index contributed by atoms with van der Waals surface area (Å²) >= 11 is 0. The Balaban J connectivity index is 2.39. The van der Waals surface area contributed by atoms with Gasteiger partial charge in [0.1, 0.15) is 30.5 Å². The van der Waals surface area contributed by atoms with Crippen molar-refractivity contribution in [2.45, 2.75) is 166 Å². The molecule has 1 aliphatic heterocycles. The molecule has 54 heavy (non-hydrogen) atoms. The molecule has 1 aliphatic rings. The molecule has 0 bridgehead atoms. The van der Waals surface area contributed by atoms with Gasteiger partial charge in [0.15, 0.2) is 6.29 Å². The van der Waals surface area contributed by atoms with Crippen molar-refractivity contribution in [1.29, 1.82) is 0 Å². The first-order valence-corrected chi connectivity index (χ1v) is 20.7. The first-order chi connectivity index (χ1) is 26.4. The fourth-order valence-corrected chi connectivity index (χ4v) is 5.58. The van der Waals surface area contributed by atoms with Crippen LogP contribution in [0.25, 0.3) is 0 Å². The number of carbonyl (C=O) groups is 1. The average Bonchev–Trinajstić information content (AvgIpc) is 3.17. The van der Waals surface area contributed by atoms with Crippen molar-refractivity contribution in [3.63, 3.8) is 0 Å². The third-order valence-electron chi connectivity index (χ3n) is 8.81. The summed E-state index contributed by atoms with van der Waals surface area (Å²) in [4.78, 5) is 12.7. The number of ether oxygens (including phenoxy) is 4. The van der Waals surface area contributed by atoms with E-state index in [1.54, 1.807) is 0 Å². The van der Waals surface area contributed by atoms with Crippen molar-refractivity contribution in [3.8, 4) is 0 Å². The van der Waals surface area contributed by atoms with Gasteiger partial charge in [-0.05, 0) is 77.0 Å². The van der Waals surface area contributed by atoms with Gasteiger partial charge in [0.05, 0.1) is 26.4 Å². The molecule has 0 aromatic carbocycles. The number of hydrogen-bond acceptors (Lipinski definition) is 9. The summed E-state index contributed by atoms with van der Waals surface area (Å²) < 4.78 is 22.6. The van der Waals surface area contributed by atoms with Crippen molar-refractivity contribution in [2.75, 3.05) is 26.4 Å². The number of esters is 1. The Bertz CT molecular complexity index is 1090.